The Morgan fingerprint density at radius 3 is 2.82 bits per heavy atom. The standard InChI is InChI=1S/C14H17N3O3S2/c1-15-22(19,20)14-7-5-12(21-14)10-17-13(18)6-4-11-3-2-8-16-9-11/h2-3,5,7-9,15H,4,6,10H2,1H3,(H,17,18). The van der Waals surface area contributed by atoms with E-state index in [1.807, 2.05) is 12.1 Å². The first kappa shape index (κ1) is 16.6. The molecule has 2 N–H and O–H groups in total. The molecule has 0 aliphatic carbocycles. The van der Waals surface area contributed by atoms with Crippen molar-refractivity contribution in [3.8, 4) is 0 Å². The molecule has 0 spiro atoms. The first-order valence-corrected chi connectivity index (χ1v) is 8.99. The van der Waals surface area contributed by atoms with Gasteiger partial charge in [-0.2, -0.15) is 0 Å². The highest BCUT2D eigenvalue weighted by molar-refractivity contribution is 7.91. The zero-order valence-electron chi connectivity index (χ0n) is 12.1. The van der Waals surface area contributed by atoms with E-state index in [1.54, 1.807) is 18.5 Å². The number of carbonyl (C=O) groups excluding carboxylic acids is 1. The maximum absolute atomic E-state index is 11.8. The number of aromatic nitrogens is 1. The smallest absolute Gasteiger partial charge is 0.249 e. The molecule has 2 rings (SSSR count). The Hall–Kier alpha value is -1.77. The van der Waals surface area contributed by atoms with E-state index in [4.69, 9.17) is 0 Å². The number of rotatable bonds is 7. The van der Waals surface area contributed by atoms with Crippen molar-refractivity contribution in [2.24, 2.45) is 0 Å². The summed E-state index contributed by atoms with van der Waals surface area (Å²) in [4.78, 5) is 16.6. The van der Waals surface area contributed by atoms with Gasteiger partial charge in [-0.25, -0.2) is 13.1 Å². The fraction of sp³-hybridized carbons (Fsp3) is 0.286. The van der Waals surface area contributed by atoms with Gasteiger partial charge in [0, 0.05) is 23.7 Å². The topological polar surface area (TPSA) is 88.2 Å². The predicted octanol–water partition coefficient (Wildman–Crippen LogP) is 1.30. The Labute approximate surface area is 133 Å². The number of carbonyl (C=O) groups is 1. The lowest BCUT2D eigenvalue weighted by Gasteiger charge is -2.03. The van der Waals surface area contributed by atoms with Gasteiger partial charge in [0.1, 0.15) is 4.21 Å². The molecule has 22 heavy (non-hydrogen) atoms. The van der Waals surface area contributed by atoms with E-state index in [0.717, 1.165) is 21.8 Å². The van der Waals surface area contributed by atoms with Gasteiger partial charge in [-0.15, -0.1) is 11.3 Å². The van der Waals surface area contributed by atoms with Crippen LogP contribution < -0.4 is 10.0 Å². The summed E-state index contributed by atoms with van der Waals surface area (Å²) in [5.74, 6) is -0.0738. The zero-order chi connectivity index (χ0) is 16.0. The molecule has 2 aromatic rings. The third kappa shape index (κ3) is 4.62. The molecule has 0 aliphatic rings. The van der Waals surface area contributed by atoms with Crippen molar-refractivity contribution in [2.45, 2.75) is 23.6 Å². The number of hydrogen-bond donors (Lipinski definition) is 2. The van der Waals surface area contributed by atoms with Gasteiger partial charge >= 0.3 is 0 Å². The summed E-state index contributed by atoms with van der Waals surface area (Å²) in [5, 5.41) is 2.79. The van der Waals surface area contributed by atoms with Crippen molar-refractivity contribution in [1.82, 2.24) is 15.0 Å². The highest BCUT2D eigenvalue weighted by atomic mass is 32.2. The molecule has 0 aromatic carbocycles. The van der Waals surface area contributed by atoms with Crippen LogP contribution in [-0.2, 0) is 27.8 Å². The SMILES string of the molecule is CNS(=O)(=O)c1ccc(CNC(=O)CCc2cccnc2)s1. The fourth-order valence-electron chi connectivity index (χ4n) is 1.78. The Morgan fingerprint density at radius 2 is 2.14 bits per heavy atom. The van der Waals surface area contributed by atoms with Gasteiger partial charge in [0.05, 0.1) is 6.54 Å². The van der Waals surface area contributed by atoms with Crippen LogP contribution in [0.15, 0.2) is 40.9 Å². The van der Waals surface area contributed by atoms with Crippen LogP contribution in [-0.4, -0.2) is 26.4 Å². The van der Waals surface area contributed by atoms with Crippen molar-refractivity contribution >= 4 is 27.3 Å². The second kappa shape index (κ2) is 7.48. The van der Waals surface area contributed by atoms with Crippen molar-refractivity contribution in [3.05, 3.63) is 47.1 Å². The largest absolute Gasteiger partial charge is 0.351 e. The van der Waals surface area contributed by atoms with Crippen LogP contribution in [0.5, 0.6) is 0 Å². The Bertz CT molecular complexity index is 727. The van der Waals surface area contributed by atoms with Crippen molar-refractivity contribution in [1.29, 1.82) is 0 Å². The molecule has 118 valence electrons. The lowest BCUT2D eigenvalue weighted by molar-refractivity contribution is -0.121. The summed E-state index contributed by atoms with van der Waals surface area (Å²) in [6, 6.07) is 7.00. The maximum atomic E-state index is 11.8. The molecular weight excluding hydrogens is 322 g/mol. The molecule has 8 heteroatoms. The monoisotopic (exact) mass is 339 g/mol. The number of aryl methyl sites for hydroxylation is 1. The normalized spacial score (nSPS) is 11.3. The van der Waals surface area contributed by atoms with Crippen LogP contribution >= 0.6 is 11.3 Å². The van der Waals surface area contributed by atoms with Gasteiger partial charge < -0.3 is 5.32 Å². The number of amides is 1. The number of nitrogens with zero attached hydrogens (tertiary/aromatic N) is 1. The number of nitrogens with one attached hydrogen (secondary N) is 2. The van der Waals surface area contributed by atoms with E-state index < -0.39 is 10.0 Å². The van der Waals surface area contributed by atoms with Crippen molar-refractivity contribution in [2.75, 3.05) is 7.05 Å². The summed E-state index contributed by atoms with van der Waals surface area (Å²) < 4.78 is 25.7. The molecule has 6 nitrogen and oxygen atoms in total. The van der Waals surface area contributed by atoms with E-state index in [1.165, 1.54) is 13.1 Å². The average molecular weight is 339 g/mol. The molecule has 1 amide bonds. The summed E-state index contributed by atoms with van der Waals surface area (Å²) in [6.07, 6.45) is 4.43. The number of sulfonamides is 1. The molecule has 0 radical (unpaired) electrons. The number of thiophene rings is 1. The van der Waals surface area contributed by atoms with Gasteiger partial charge in [-0.3, -0.25) is 9.78 Å². The number of hydrogen-bond acceptors (Lipinski definition) is 5. The zero-order valence-corrected chi connectivity index (χ0v) is 13.7. The van der Waals surface area contributed by atoms with Crippen LogP contribution in [0.1, 0.15) is 16.9 Å². The molecule has 2 heterocycles. The molecule has 0 fully saturated rings. The highest BCUT2D eigenvalue weighted by Gasteiger charge is 2.14. The minimum Gasteiger partial charge on any atom is -0.351 e. The summed E-state index contributed by atoms with van der Waals surface area (Å²) in [6.45, 7) is 0.329. The van der Waals surface area contributed by atoms with E-state index >= 15 is 0 Å². The molecule has 0 atom stereocenters. The third-order valence-corrected chi connectivity index (χ3v) is 5.99. The fourth-order valence-corrected chi connectivity index (χ4v) is 3.91. The van der Waals surface area contributed by atoms with Crippen LogP contribution in [0, 0.1) is 0 Å². The molecule has 2 aromatic heterocycles. The summed E-state index contributed by atoms with van der Waals surface area (Å²) >= 11 is 1.15. The molecular formula is C14H17N3O3S2. The minimum absolute atomic E-state index is 0.0738. The minimum atomic E-state index is -3.41. The van der Waals surface area contributed by atoms with Gasteiger partial charge in [0.15, 0.2) is 0 Å². The lowest BCUT2D eigenvalue weighted by atomic mass is 10.1. The van der Waals surface area contributed by atoms with Gasteiger partial charge in [-0.05, 0) is 37.2 Å². The van der Waals surface area contributed by atoms with E-state index in [0.29, 0.717) is 19.4 Å². The molecule has 0 aliphatic heterocycles. The van der Waals surface area contributed by atoms with Crippen molar-refractivity contribution in [3.63, 3.8) is 0 Å². The first-order valence-electron chi connectivity index (χ1n) is 6.69. The van der Waals surface area contributed by atoms with Crippen LogP contribution in [0.25, 0.3) is 0 Å². The molecule has 0 unspecified atom stereocenters. The third-order valence-electron chi connectivity index (χ3n) is 2.99. The van der Waals surface area contributed by atoms with E-state index in [2.05, 4.69) is 15.0 Å². The van der Waals surface area contributed by atoms with Crippen LogP contribution in [0.2, 0.25) is 0 Å². The number of pyridine rings is 1. The van der Waals surface area contributed by atoms with Crippen molar-refractivity contribution < 1.29 is 13.2 Å². The Kier molecular flexibility index (Phi) is 5.64. The quantitative estimate of drug-likeness (QED) is 0.796. The summed E-state index contributed by atoms with van der Waals surface area (Å²) in [5.41, 5.74) is 1.01. The highest BCUT2D eigenvalue weighted by Crippen LogP contribution is 2.21. The van der Waals surface area contributed by atoms with Gasteiger partial charge in [0.2, 0.25) is 15.9 Å². The van der Waals surface area contributed by atoms with E-state index in [-0.39, 0.29) is 10.1 Å². The summed E-state index contributed by atoms with van der Waals surface area (Å²) in [7, 11) is -2.04. The molecule has 0 bridgehead atoms. The predicted molar refractivity (Wildman–Crippen MR) is 85.0 cm³/mol. The van der Waals surface area contributed by atoms with Crippen LogP contribution in [0.3, 0.4) is 0 Å². The first-order chi connectivity index (χ1) is 10.5. The second-order valence-electron chi connectivity index (χ2n) is 4.57. The van der Waals surface area contributed by atoms with Crippen LogP contribution in [0.4, 0.5) is 0 Å². The average Bonchev–Trinajstić information content (AvgIpc) is 3.02. The Balaban J connectivity index is 1.82. The maximum Gasteiger partial charge on any atom is 0.249 e. The van der Waals surface area contributed by atoms with E-state index in [9.17, 15) is 13.2 Å². The molecule has 0 saturated carbocycles. The lowest BCUT2D eigenvalue weighted by Crippen LogP contribution is -2.22. The Morgan fingerprint density at radius 1 is 1.32 bits per heavy atom. The van der Waals surface area contributed by atoms with Gasteiger partial charge in [-0.1, -0.05) is 6.07 Å². The molecule has 0 saturated heterocycles. The van der Waals surface area contributed by atoms with Gasteiger partial charge in [0.25, 0.3) is 0 Å². The second-order valence-corrected chi connectivity index (χ2v) is 7.85.